The van der Waals surface area contributed by atoms with Crippen molar-refractivity contribution in [2.45, 2.75) is 25.7 Å². The molecule has 0 bridgehead atoms. The number of rotatable bonds is 4. The molecule has 0 aliphatic heterocycles. The minimum absolute atomic E-state index is 0.108. The Kier molecular flexibility index (Phi) is 4.53. The SMILES string of the molecule is CC(Nc1cccc(CO)c1)c1ccccc1C(F)(F)F. The van der Waals surface area contributed by atoms with E-state index in [0.29, 0.717) is 11.3 Å². The largest absolute Gasteiger partial charge is 0.416 e. The summed E-state index contributed by atoms with van der Waals surface area (Å²) in [5, 5.41) is 12.1. The van der Waals surface area contributed by atoms with Gasteiger partial charge >= 0.3 is 6.18 Å². The Hall–Kier alpha value is -2.01. The van der Waals surface area contributed by atoms with E-state index in [9.17, 15) is 13.2 Å². The van der Waals surface area contributed by atoms with Gasteiger partial charge < -0.3 is 10.4 Å². The molecule has 0 amide bonds. The molecule has 2 rings (SSSR count). The molecule has 112 valence electrons. The monoisotopic (exact) mass is 295 g/mol. The van der Waals surface area contributed by atoms with E-state index in [1.807, 2.05) is 0 Å². The molecule has 1 atom stereocenters. The van der Waals surface area contributed by atoms with Crippen molar-refractivity contribution in [3.8, 4) is 0 Å². The summed E-state index contributed by atoms with van der Waals surface area (Å²) in [6.07, 6.45) is -4.38. The third-order valence-electron chi connectivity index (χ3n) is 3.23. The number of aliphatic hydroxyl groups is 1. The van der Waals surface area contributed by atoms with Crippen LogP contribution in [0, 0.1) is 0 Å². The molecule has 1 unspecified atom stereocenters. The molecule has 0 aromatic heterocycles. The second-order valence-corrected chi connectivity index (χ2v) is 4.81. The van der Waals surface area contributed by atoms with Gasteiger partial charge in [0.25, 0.3) is 0 Å². The number of hydrogen-bond acceptors (Lipinski definition) is 2. The summed E-state index contributed by atoms with van der Waals surface area (Å²) in [7, 11) is 0. The summed E-state index contributed by atoms with van der Waals surface area (Å²) in [6.45, 7) is 1.57. The topological polar surface area (TPSA) is 32.3 Å². The number of anilines is 1. The molecule has 5 heteroatoms. The standard InChI is InChI=1S/C16H16F3NO/c1-11(20-13-6-4-5-12(9-13)10-21)14-7-2-3-8-15(14)16(17,18)19/h2-9,11,20-21H,10H2,1H3. The van der Waals surface area contributed by atoms with Gasteiger partial charge in [-0.3, -0.25) is 0 Å². The average Bonchev–Trinajstić information content (AvgIpc) is 2.46. The fourth-order valence-electron chi connectivity index (χ4n) is 2.22. The number of aliphatic hydroxyl groups excluding tert-OH is 1. The van der Waals surface area contributed by atoms with Crippen LogP contribution in [-0.2, 0) is 12.8 Å². The van der Waals surface area contributed by atoms with E-state index >= 15 is 0 Å². The Morgan fingerprint density at radius 2 is 1.81 bits per heavy atom. The van der Waals surface area contributed by atoms with E-state index in [1.54, 1.807) is 37.3 Å². The number of benzene rings is 2. The van der Waals surface area contributed by atoms with Crippen molar-refractivity contribution < 1.29 is 18.3 Å². The summed E-state index contributed by atoms with van der Waals surface area (Å²) in [4.78, 5) is 0. The van der Waals surface area contributed by atoms with Crippen LogP contribution in [0.15, 0.2) is 48.5 Å². The van der Waals surface area contributed by atoms with Crippen LogP contribution in [0.4, 0.5) is 18.9 Å². The highest BCUT2D eigenvalue weighted by atomic mass is 19.4. The van der Waals surface area contributed by atoms with Crippen LogP contribution >= 0.6 is 0 Å². The molecule has 2 N–H and O–H groups in total. The third-order valence-corrected chi connectivity index (χ3v) is 3.23. The Morgan fingerprint density at radius 1 is 1.10 bits per heavy atom. The Bertz CT molecular complexity index is 610. The maximum absolute atomic E-state index is 13.0. The molecule has 0 spiro atoms. The predicted octanol–water partition coefficient (Wildman–Crippen LogP) is 4.37. The Balaban J connectivity index is 2.26. The van der Waals surface area contributed by atoms with E-state index in [0.717, 1.165) is 6.07 Å². The summed E-state index contributed by atoms with van der Waals surface area (Å²) >= 11 is 0. The van der Waals surface area contributed by atoms with Crippen molar-refractivity contribution in [3.63, 3.8) is 0 Å². The van der Waals surface area contributed by atoms with Crippen LogP contribution in [0.1, 0.15) is 29.7 Å². The fourth-order valence-corrected chi connectivity index (χ4v) is 2.22. The summed E-state index contributed by atoms with van der Waals surface area (Å²) in [5.41, 5.74) is 0.935. The van der Waals surface area contributed by atoms with Gasteiger partial charge in [-0.05, 0) is 36.2 Å². The Morgan fingerprint density at radius 3 is 2.48 bits per heavy atom. The molecule has 21 heavy (non-hydrogen) atoms. The lowest BCUT2D eigenvalue weighted by Gasteiger charge is -2.20. The second-order valence-electron chi connectivity index (χ2n) is 4.81. The first-order valence-electron chi connectivity index (χ1n) is 6.54. The number of hydrogen-bond donors (Lipinski definition) is 2. The van der Waals surface area contributed by atoms with Crippen LogP contribution in [-0.4, -0.2) is 5.11 Å². The van der Waals surface area contributed by atoms with E-state index in [4.69, 9.17) is 5.11 Å². The summed E-state index contributed by atoms with van der Waals surface area (Å²) in [5.74, 6) is 0. The number of alkyl halides is 3. The highest BCUT2D eigenvalue weighted by Gasteiger charge is 2.34. The van der Waals surface area contributed by atoms with Crippen molar-refractivity contribution in [3.05, 3.63) is 65.2 Å². The highest BCUT2D eigenvalue weighted by Crippen LogP contribution is 2.35. The minimum Gasteiger partial charge on any atom is -0.392 e. The van der Waals surface area contributed by atoms with Crippen LogP contribution in [0.25, 0.3) is 0 Å². The zero-order valence-corrected chi connectivity index (χ0v) is 11.5. The predicted molar refractivity (Wildman–Crippen MR) is 75.8 cm³/mol. The number of nitrogens with one attached hydrogen (secondary N) is 1. The summed E-state index contributed by atoms with van der Waals surface area (Å²) in [6, 6.07) is 12.0. The van der Waals surface area contributed by atoms with Crippen LogP contribution in [0.3, 0.4) is 0 Å². The van der Waals surface area contributed by atoms with Gasteiger partial charge in [0.2, 0.25) is 0 Å². The maximum atomic E-state index is 13.0. The van der Waals surface area contributed by atoms with E-state index in [1.165, 1.54) is 12.1 Å². The first-order chi connectivity index (χ1) is 9.91. The Labute approximate surface area is 121 Å². The lowest BCUT2D eigenvalue weighted by atomic mass is 10.0. The van der Waals surface area contributed by atoms with Crippen molar-refractivity contribution in [2.24, 2.45) is 0 Å². The zero-order chi connectivity index (χ0) is 15.5. The van der Waals surface area contributed by atoms with Gasteiger partial charge in [-0.1, -0.05) is 30.3 Å². The van der Waals surface area contributed by atoms with Crippen molar-refractivity contribution in [1.29, 1.82) is 0 Å². The van der Waals surface area contributed by atoms with E-state index in [-0.39, 0.29) is 12.2 Å². The van der Waals surface area contributed by atoms with E-state index in [2.05, 4.69) is 5.32 Å². The summed E-state index contributed by atoms with van der Waals surface area (Å²) < 4.78 is 39.0. The van der Waals surface area contributed by atoms with E-state index < -0.39 is 17.8 Å². The van der Waals surface area contributed by atoms with Gasteiger partial charge in [0.05, 0.1) is 12.2 Å². The number of halogens is 3. The second kappa shape index (κ2) is 6.18. The van der Waals surface area contributed by atoms with Crippen LogP contribution in [0.5, 0.6) is 0 Å². The van der Waals surface area contributed by atoms with Crippen molar-refractivity contribution >= 4 is 5.69 Å². The fraction of sp³-hybridized carbons (Fsp3) is 0.250. The maximum Gasteiger partial charge on any atom is 0.416 e. The van der Waals surface area contributed by atoms with Crippen molar-refractivity contribution in [1.82, 2.24) is 0 Å². The van der Waals surface area contributed by atoms with Gasteiger partial charge in [0, 0.05) is 11.7 Å². The van der Waals surface area contributed by atoms with Gasteiger partial charge in [0.1, 0.15) is 0 Å². The van der Waals surface area contributed by atoms with Gasteiger partial charge in [0.15, 0.2) is 0 Å². The molecule has 2 nitrogen and oxygen atoms in total. The molecule has 2 aromatic rings. The minimum atomic E-state index is -4.38. The third kappa shape index (κ3) is 3.76. The molecule has 0 aliphatic carbocycles. The van der Waals surface area contributed by atoms with Crippen LogP contribution < -0.4 is 5.32 Å². The van der Waals surface area contributed by atoms with Crippen molar-refractivity contribution in [2.75, 3.05) is 5.32 Å². The molecule has 0 heterocycles. The molecule has 2 aromatic carbocycles. The highest BCUT2D eigenvalue weighted by molar-refractivity contribution is 5.48. The molecule has 0 fully saturated rings. The first-order valence-corrected chi connectivity index (χ1v) is 6.54. The average molecular weight is 295 g/mol. The zero-order valence-electron chi connectivity index (χ0n) is 11.5. The first kappa shape index (κ1) is 15.4. The lowest BCUT2D eigenvalue weighted by molar-refractivity contribution is -0.138. The molecule has 0 saturated carbocycles. The molecular weight excluding hydrogens is 279 g/mol. The molecule has 0 aliphatic rings. The quantitative estimate of drug-likeness (QED) is 0.877. The van der Waals surface area contributed by atoms with Crippen LogP contribution in [0.2, 0.25) is 0 Å². The van der Waals surface area contributed by atoms with Gasteiger partial charge in [-0.25, -0.2) is 0 Å². The lowest BCUT2D eigenvalue weighted by Crippen LogP contribution is -2.15. The molecular formula is C16H16F3NO. The molecule has 0 radical (unpaired) electrons. The van der Waals surface area contributed by atoms with Gasteiger partial charge in [-0.15, -0.1) is 0 Å². The molecule has 0 saturated heterocycles. The van der Waals surface area contributed by atoms with Gasteiger partial charge in [-0.2, -0.15) is 13.2 Å². The normalized spacial score (nSPS) is 13.0. The smallest absolute Gasteiger partial charge is 0.392 e.